The van der Waals surface area contributed by atoms with Crippen LogP contribution in [0.25, 0.3) is 0 Å². The summed E-state index contributed by atoms with van der Waals surface area (Å²) in [5.74, 6) is 2.10. The lowest BCUT2D eigenvalue weighted by Crippen LogP contribution is -2.52. The van der Waals surface area contributed by atoms with Gasteiger partial charge in [0.2, 0.25) is 0 Å². The maximum atomic E-state index is 13.6. The van der Waals surface area contributed by atoms with E-state index in [-0.39, 0.29) is 16.8 Å². The minimum atomic E-state index is -0.176. The molecule has 0 aromatic carbocycles. The highest BCUT2D eigenvalue weighted by Gasteiger charge is 2.57. The van der Waals surface area contributed by atoms with E-state index in [1.54, 1.807) is 0 Å². The van der Waals surface area contributed by atoms with Gasteiger partial charge in [-0.1, -0.05) is 84.5 Å². The van der Waals surface area contributed by atoms with Crippen molar-refractivity contribution in [2.45, 2.75) is 136 Å². The highest BCUT2D eigenvalue weighted by atomic mass is 16.5. The van der Waals surface area contributed by atoms with Crippen LogP contribution in [-0.4, -0.2) is 12.6 Å². The second-order valence-electron chi connectivity index (χ2n) is 10.8. The van der Waals surface area contributed by atoms with Crippen LogP contribution < -0.4 is 0 Å². The minimum absolute atomic E-state index is 0.176. The van der Waals surface area contributed by atoms with Gasteiger partial charge in [-0.2, -0.15) is 0 Å². The molecule has 0 amide bonds. The van der Waals surface area contributed by atoms with E-state index >= 15 is 0 Å². The summed E-state index contributed by atoms with van der Waals surface area (Å²) in [7, 11) is 0. The number of esters is 1. The Morgan fingerprint density at radius 3 is 2.00 bits per heavy atom. The van der Waals surface area contributed by atoms with Gasteiger partial charge in [0.25, 0.3) is 0 Å². The van der Waals surface area contributed by atoms with Crippen molar-refractivity contribution in [2.75, 3.05) is 6.61 Å². The van der Waals surface area contributed by atoms with E-state index < -0.39 is 0 Å². The first kappa shape index (κ1) is 23.1. The molecule has 0 atom stereocenters. The summed E-state index contributed by atoms with van der Waals surface area (Å²) in [4.78, 5) is 13.6. The third kappa shape index (κ3) is 5.21. The number of hydrogen-bond acceptors (Lipinski definition) is 2. The van der Waals surface area contributed by atoms with Gasteiger partial charge in [0.1, 0.15) is 0 Å². The van der Waals surface area contributed by atoms with Crippen molar-refractivity contribution in [1.82, 2.24) is 0 Å². The van der Waals surface area contributed by atoms with Gasteiger partial charge in [0.05, 0.1) is 12.0 Å². The van der Waals surface area contributed by atoms with Crippen molar-refractivity contribution < 1.29 is 9.53 Å². The molecule has 0 aromatic heterocycles. The topological polar surface area (TPSA) is 26.3 Å². The van der Waals surface area contributed by atoms with Gasteiger partial charge in [-0.15, -0.1) is 0 Å². The molecule has 0 aromatic rings. The summed E-state index contributed by atoms with van der Waals surface area (Å²) in [6.45, 7) is 5.19. The van der Waals surface area contributed by atoms with E-state index in [0.29, 0.717) is 6.61 Å². The predicted molar refractivity (Wildman–Crippen MR) is 122 cm³/mol. The molecular formula is C27H48O2. The fraction of sp³-hybridized carbons (Fsp3) is 0.963. The molecule has 2 heteroatoms. The van der Waals surface area contributed by atoms with Crippen LogP contribution in [0.4, 0.5) is 0 Å². The molecule has 3 saturated carbocycles. The van der Waals surface area contributed by atoms with E-state index in [4.69, 9.17) is 4.74 Å². The van der Waals surface area contributed by atoms with E-state index in [1.807, 2.05) is 0 Å². The molecular weight excluding hydrogens is 356 g/mol. The molecule has 0 saturated heterocycles. The molecule has 0 radical (unpaired) electrons. The monoisotopic (exact) mass is 404 g/mol. The molecule has 29 heavy (non-hydrogen) atoms. The number of ether oxygens (including phenoxy) is 1. The van der Waals surface area contributed by atoms with Crippen LogP contribution in [0.3, 0.4) is 0 Å². The Morgan fingerprint density at radius 1 is 0.759 bits per heavy atom. The van der Waals surface area contributed by atoms with Crippen molar-refractivity contribution in [2.24, 2.45) is 22.7 Å². The van der Waals surface area contributed by atoms with Gasteiger partial charge in [-0.25, -0.2) is 0 Å². The zero-order chi connectivity index (χ0) is 20.6. The number of rotatable bonds is 9. The highest BCUT2D eigenvalue weighted by molar-refractivity contribution is 5.78. The molecule has 0 N–H and O–H groups in total. The molecule has 2 nitrogen and oxygen atoms in total. The third-order valence-electron chi connectivity index (χ3n) is 9.13. The molecule has 3 rings (SSSR count). The zero-order valence-electron chi connectivity index (χ0n) is 19.6. The fourth-order valence-electron chi connectivity index (χ4n) is 7.48. The first-order valence-electron chi connectivity index (χ1n) is 13.3. The maximum Gasteiger partial charge on any atom is 0.312 e. The van der Waals surface area contributed by atoms with Crippen LogP contribution in [0.5, 0.6) is 0 Å². The van der Waals surface area contributed by atoms with Gasteiger partial charge in [-0.05, 0) is 68.6 Å². The standard InChI is InChI=1S/C27H48O2/c1-3-5-12-22-29-25(28)27(18-10-7-11-19-27)26(17-4-2)20-15-24(16-21-26)23-13-8-6-9-14-23/h23-24H,3-22H2,1-2H3. The molecule has 3 fully saturated rings. The summed E-state index contributed by atoms with van der Waals surface area (Å²) in [6, 6.07) is 0. The quantitative estimate of drug-likeness (QED) is 0.286. The summed E-state index contributed by atoms with van der Waals surface area (Å²) in [5, 5.41) is 0. The van der Waals surface area contributed by atoms with E-state index in [0.717, 1.165) is 31.1 Å². The van der Waals surface area contributed by atoms with Crippen LogP contribution in [-0.2, 0) is 9.53 Å². The number of unbranched alkanes of at least 4 members (excludes halogenated alkanes) is 2. The molecule has 0 spiro atoms. The van der Waals surface area contributed by atoms with Gasteiger partial charge in [0, 0.05) is 0 Å². The predicted octanol–water partition coefficient (Wildman–Crippen LogP) is 8.23. The Morgan fingerprint density at radius 2 is 1.38 bits per heavy atom. The maximum absolute atomic E-state index is 13.6. The van der Waals surface area contributed by atoms with Gasteiger partial charge >= 0.3 is 5.97 Å². The lowest BCUT2D eigenvalue weighted by atomic mass is 9.49. The number of hydrogen-bond donors (Lipinski definition) is 0. The van der Waals surface area contributed by atoms with E-state index in [9.17, 15) is 4.79 Å². The smallest absolute Gasteiger partial charge is 0.312 e. The van der Waals surface area contributed by atoms with Crippen LogP contribution in [0.1, 0.15) is 136 Å². The summed E-state index contributed by atoms with van der Waals surface area (Å²) < 4.78 is 6.02. The lowest BCUT2D eigenvalue weighted by molar-refractivity contribution is -0.175. The van der Waals surface area contributed by atoms with E-state index in [2.05, 4.69) is 13.8 Å². The number of carbonyl (C=O) groups is 1. The third-order valence-corrected chi connectivity index (χ3v) is 9.13. The minimum Gasteiger partial charge on any atom is -0.465 e. The Bertz CT molecular complexity index is 477. The van der Waals surface area contributed by atoms with Crippen LogP contribution >= 0.6 is 0 Å². The van der Waals surface area contributed by atoms with Crippen LogP contribution in [0.15, 0.2) is 0 Å². The normalized spacial score (nSPS) is 30.8. The molecule has 3 aliphatic carbocycles. The molecule has 0 bridgehead atoms. The summed E-state index contributed by atoms with van der Waals surface area (Å²) in [5.41, 5.74) is 0.0419. The van der Waals surface area contributed by atoms with Crippen LogP contribution in [0, 0.1) is 22.7 Å². The van der Waals surface area contributed by atoms with Crippen molar-refractivity contribution >= 4 is 5.97 Å². The van der Waals surface area contributed by atoms with Crippen molar-refractivity contribution in [3.63, 3.8) is 0 Å². The van der Waals surface area contributed by atoms with Crippen molar-refractivity contribution in [3.05, 3.63) is 0 Å². The Labute approximate surface area is 180 Å². The Kier molecular flexibility index (Phi) is 8.93. The first-order chi connectivity index (χ1) is 14.2. The summed E-state index contributed by atoms with van der Waals surface area (Å²) in [6.07, 6.45) is 24.4. The molecule has 168 valence electrons. The SMILES string of the molecule is CCCCCOC(=O)C1(C2(CCC)CCC(C3CCCCC3)CC2)CCCCC1. The second-order valence-corrected chi connectivity index (χ2v) is 10.8. The first-order valence-corrected chi connectivity index (χ1v) is 13.3. The molecule has 3 aliphatic rings. The molecule has 0 aliphatic heterocycles. The average Bonchev–Trinajstić information content (AvgIpc) is 2.78. The zero-order valence-corrected chi connectivity index (χ0v) is 19.6. The van der Waals surface area contributed by atoms with Crippen molar-refractivity contribution in [3.8, 4) is 0 Å². The van der Waals surface area contributed by atoms with E-state index in [1.165, 1.54) is 103 Å². The highest BCUT2D eigenvalue weighted by Crippen LogP contribution is 2.61. The Balaban J connectivity index is 1.73. The molecule has 0 unspecified atom stereocenters. The van der Waals surface area contributed by atoms with Gasteiger partial charge in [0.15, 0.2) is 0 Å². The second kappa shape index (κ2) is 11.2. The fourth-order valence-corrected chi connectivity index (χ4v) is 7.48. The average molecular weight is 405 g/mol. The largest absolute Gasteiger partial charge is 0.465 e. The molecule has 0 heterocycles. The van der Waals surface area contributed by atoms with Gasteiger partial charge < -0.3 is 4.74 Å². The lowest BCUT2D eigenvalue weighted by Gasteiger charge is -2.55. The van der Waals surface area contributed by atoms with Crippen molar-refractivity contribution in [1.29, 1.82) is 0 Å². The summed E-state index contributed by atoms with van der Waals surface area (Å²) >= 11 is 0. The number of carbonyl (C=O) groups excluding carboxylic acids is 1. The van der Waals surface area contributed by atoms with Gasteiger partial charge in [-0.3, -0.25) is 4.79 Å². The Hall–Kier alpha value is -0.530. The van der Waals surface area contributed by atoms with Crippen LogP contribution in [0.2, 0.25) is 0 Å².